The van der Waals surface area contributed by atoms with Crippen molar-refractivity contribution in [1.29, 1.82) is 0 Å². The number of amides is 1. The number of sulfone groups is 1. The molecule has 18 heavy (non-hydrogen) atoms. The fraction of sp³-hybridized carbons (Fsp3) is 0.600. The normalized spacial score (nSPS) is 23.8. The molecular formula is C10H14BrN3O3S. The van der Waals surface area contributed by atoms with Crippen molar-refractivity contribution in [3.63, 3.8) is 0 Å². The van der Waals surface area contributed by atoms with Gasteiger partial charge in [0.05, 0.1) is 22.2 Å². The van der Waals surface area contributed by atoms with Crippen molar-refractivity contribution >= 4 is 31.7 Å². The second-order valence-electron chi connectivity index (χ2n) is 4.42. The third kappa shape index (κ3) is 3.11. The van der Waals surface area contributed by atoms with Crippen LogP contribution >= 0.6 is 15.9 Å². The molecule has 100 valence electrons. The van der Waals surface area contributed by atoms with Crippen LogP contribution in [0, 0.1) is 0 Å². The number of nitrogens with one attached hydrogen (secondary N) is 1. The number of halogens is 1. The van der Waals surface area contributed by atoms with Crippen molar-refractivity contribution in [3.05, 3.63) is 16.9 Å². The Morgan fingerprint density at radius 1 is 1.67 bits per heavy atom. The van der Waals surface area contributed by atoms with Crippen molar-refractivity contribution in [2.24, 2.45) is 0 Å². The number of carbonyl (C=O) groups is 1. The Labute approximate surface area is 114 Å². The molecule has 0 bridgehead atoms. The highest BCUT2D eigenvalue weighted by Crippen LogP contribution is 2.14. The molecule has 8 heteroatoms. The lowest BCUT2D eigenvalue weighted by Gasteiger charge is -2.16. The molecule has 2 heterocycles. The zero-order chi connectivity index (χ0) is 13.3. The van der Waals surface area contributed by atoms with Gasteiger partial charge in [-0.05, 0) is 29.3 Å². The van der Waals surface area contributed by atoms with E-state index in [1.807, 2.05) is 0 Å². The van der Waals surface area contributed by atoms with Crippen LogP contribution in [0.15, 0.2) is 16.9 Å². The predicted molar refractivity (Wildman–Crippen MR) is 69.8 cm³/mol. The maximum Gasteiger partial charge on any atom is 0.244 e. The molecule has 1 aliphatic rings. The zero-order valence-corrected chi connectivity index (χ0v) is 12.2. The molecule has 2 atom stereocenters. The van der Waals surface area contributed by atoms with Gasteiger partial charge in [-0.2, -0.15) is 5.10 Å². The molecule has 1 N–H and O–H groups in total. The largest absolute Gasteiger partial charge is 0.350 e. The van der Waals surface area contributed by atoms with Gasteiger partial charge in [-0.25, -0.2) is 8.42 Å². The predicted octanol–water partition coefficient (Wildman–Crippen LogP) is 0.510. The van der Waals surface area contributed by atoms with Crippen LogP contribution in [0.25, 0.3) is 0 Å². The topological polar surface area (TPSA) is 81.1 Å². The van der Waals surface area contributed by atoms with E-state index in [1.165, 1.54) is 4.68 Å². The Bertz CT molecular complexity index is 554. The van der Waals surface area contributed by atoms with Gasteiger partial charge < -0.3 is 5.32 Å². The fourth-order valence-corrected chi connectivity index (χ4v) is 3.85. The minimum absolute atomic E-state index is 0.0360. The van der Waals surface area contributed by atoms with Crippen molar-refractivity contribution in [3.8, 4) is 0 Å². The maximum atomic E-state index is 11.9. The van der Waals surface area contributed by atoms with Crippen molar-refractivity contribution < 1.29 is 13.2 Å². The van der Waals surface area contributed by atoms with E-state index in [2.05, 4.69) is 26.3 Å². The molecule has 1 fully saturated rings. The van der Waals surface area contributed by atoms with Gasteiger partial charge in [0.1, 0.15) is 6.04 Å². The number of rotatable bonds is 3. The molecule has 1 aliphatic heterocycles. The van der Waals surface area contributed by atoms with Gasteiger partial charge >= 0.3 is 0 Å². The van der Waals surface area contributed by atoms with E-state index in [-0.39, 0.29) is 23.5 Å². The summed E-state index contributed by atoms with van der Waals surface area (Å²) in [5.41, 5.74) is 0. The van der Waals surface area contributed by atoms with Crippen molar-refractivity contribution in [2.75, 3.05) is 11.5 Å². The first-order valence-corrected chi connectivity index (χ1v) is 8.19. The van der Waals surface area contributed by atoms with Gasteiger partial charge in [0.15, 0.2) is 9.84 Å². The second kappa shape index (κ2) is 5.00. The molecule has 0 spiro atoms. The van der Waals surface area contributed by atoms with Gasteiger partial charge in [-0.15, -0.1) is 0 Å². The van der Waals surface area contributed by atoms with Crippen LogP contribution in [0.2, 0.25) is 0 Å². The monoisotopic (exact) mass is 335 g/mol. The zero-order valence-electron chi connectivity index (χ0n) is 9.84. The summed E-state index contributed by atoms with van der Waals surface area (Å²) in [7, 11) is -2.97. The Hall–Kier alpha value is -0.890. The highest BCUT2D eigenvalue weighted by atomic mass is 79.9. The van der Waals surface area contributed by atoms with Gasteiger partial charge in [-0.3, -0.25) is 9.48 Å². The van der Waals surface area contributed by atoms with Crippen LogP contribution in [-0.2, 0) is 14.6 Å². The van der Waals surface area contributed by atoms with Crippen LogP contribution in [0.5, 0.6) is 0 Å². The first kappa shape index (κ1) is 13.5. The SMILES string of the molecule is C[C@@H](C(=O)N[C@H]1CCS(=O)(=O)C1)n1cc(Br)cn1. The smallest absolute Gasteiger partial charge is 0.244 e. The van der Waals surface area contributed by atoms with E-state index in [0.29, 0.717) is 6.42 Å². The third-order valence-electron chi connectivity index (χ3n) is 2.93. The summed E-state index contributed by atoms with van der Waals surface area (Å²) in [6.45, 7) is 1.72. The standard InChI is InChI=1S/C10H14BrN3O3S/c1-7(14-5-8(11)4-12-14)10(15)13-9-2-3-18(16,17)6-9/h4-5,7,9H,2-3,6H2,1H3,(H,13,15)/t7-,9-/m0/s1. The first-order chi connectivity index (χ1) is 8.37. The van der Waals surface area contributed by atoms with Crippen LogP contribution in [0.1, 0.15) is 19.4 Å². The lowest BCUT2D eigenvalue weighted by Crippen LogP contribution is -2.39. The Balaban J connectivity index is 1.96. The number of carbonyl (C=O) groups excluding carboxylic acids is 1. The molecule has 1 aromatic rings. The number of hydrogen-bond donors (Lipinski definition) is 1. The van der Waals surface area contributed by atoms with Crippen LogP contribution < -0.4 is 5.32 Å². The molecule has 0 aromatic carbocycles. The highest BCUT2D eigenvalue weighted by Gasteiger charge is 2.30. The molecule has 0 unspecified atom stereocenters. The van der Waals surface area contributed by atoms with Gasteiger partial charge in [-0.1, -0.05) is 0 Å². The molecule has 2 rings (SSSR count). The van der Waals surface area contributed by atoms with Crippen LogP contribution in [-0.4, -0.2) is 41.7 Å². The van der Waals surface area contributed by atoms with Crippen LogP contribution in [0.3, 0.4) is 0 Å². The molecule has 6 nitrogen and oxygen atoms in total. The highest BCUT2D eigenvalue weighted by molar-refractivity contribution is 9.10. The van der Waals surface area contributed by atoms with E-state index in [1.54, 1.807) is 19.3 Å². The minimum atomic E-state index is -2.97. The third-order valence-corrected chi connectivity index (χ3v) is 5.10. The van der Waals surface area contributed by atoms with Crippen molar-refractivity contribution in [1.82, 2.24) is 15.1 Å². The van der Waals surface area contributed by atoms with E-state index in [9.17, 15) is 13.2 Å². The molecule has 0 aliphatic carbocycles. The first-order valence-electron chi connectivity index (χ1n) is 5.58. The number of aromatic nitrogens is 2. The Morgan fingerprint density at radius 3 is 2.89 bits per heavy atom. The summed E-state index contributed by atoms with van der Waals surface area (Å²) in [5, 5.41) is 6.78. The van der Waals surface area contributed by atoms with E-state index in [0.717, 1.165) is 4.47 Å². The van der Waals surface area contributed by atoms with Gasteiger partial charge in [0.2, 0.25) is 5.91 Å². The summed E-state index contributed by atoms with van der Waals surface area (Å²) < 4.78 is 24.9. The molecule has 0 saturated carbocycles. The summed E-state index contributed by atoms with van der Waals surface area (Å²) in [6.07, 6.45) is 3.79. The van der Waals surface area contributed by atoms with E-state index < -0.39 is 15.9 Å². The molecule has 1 aromatic heterocycles. The minimum Gasteiger partial charge on any atom is -0.350 e. The molecule has 0 radical (unpaired) electrons. The maximum absolute atomic E-state index is 11.9. The summed E-state index contributed by atoms with van der Waals surface area (Å²) in [6, 6.07) is -0.733. The molecule has 1 saturated heterocycles. The average molecular weight is 336 g/mol. The molecular weight excluding hydrogens is 322 g/mol. The van der Waals surface area contributed by atoms with Gasteiger partial charge in [0.25, 0.3) is 0 Å². The molecule has 1 amide bonds. The van der Waals surface area contributed by atoms with E-state index >= 15 is 0 Å². The number of hydrogen-bond acceptors (Lipinski definition) is 4. The Kier molecular flexibility index (Phi) is 3.76. The van der Waals surface area contributed by atoms with Crippen molar-refractivity contribution in [2.45, 2.75) is 25.4 Å². The lowest BCUT2D eigenvalue weighted by molar-refractivity contribution is -0.124. The lowest BCUT2D eigenvalue weighted by atomic mass is 10.2. The second-order valence-corrected chi connectivity index (χ2v) is 7.57. The van der Waals surface area contributed by atoms with Gasteiger partial charge in [0, 0.05) is 12.2 Å². The Morgan fingerprint density at radius 2 is 2.39 bits per heavy atom. The quantitative estimate of drug-likeness (QED) is 0.872. The summed E-state index contributed by atoms with van der Waals surface area (Å²) in [5.74, 6) is -0.0267. The average Bonchev–Trinajstić information content (AvgIpc) is 2.84. The summed E-state index contributed by atoms with van der Waals surface area (Å²) >= 11 is 3.26. The van der Waals surface area contributed by atoms with Crippen LogP contribution in [0.4, 0.5) is 0 Å². The number of nitrogens with zero attached hydrogens (tertiary/aromatic N) is 2. The van der Waals surface area contributed by atoms with E-state index in [4.69, 9.17) is 0 Å². The fourth-order valence-electron chi connectivity index (χ4n) is 1.88. The summed E-state index contributed by atoms with van der Waals surface area (Å²) in [4.78, 5) is 11.9.